The summed E-state index contributed by atoms with van der Waals surface area (Å²) in [5.74, 6) is 0. The number of nitrogens with zero attached hydrogens (tertiary/aromatic N) is 2. The van der Waals surface area contributed by atoms with Crippen molar-refractivity contribution in [2.45, 2.75) is 26.5 Å². The van der Waals surface area contributed by atoms with Crippen LogP contribution in [0.3, 0.4) is 0 Å². The molecule has 0 aliphatic carbocycles. The third-order valence-corrected chi connectivity index (χ3v) is 1.80. The molecule has 0 aliphatic rings. The fraction of sp³-hybridized carbons (Fsp3) is 0.667. The van der Waals surface area contributed by atoms with Gasteiger partial charge in [0.05, 0.1) is 18.3 Å². The van der Waals surface area contributed by atoms with Crippen molar-refractivity contribution < 1.29 is 5.11 Å². The molecule has 1 heterocycles. The number of likely N-dealkylation sites (N-methyl/N-ethyl adjacent to an activating group) is 1. The average molecular weight is 183 g/mol. The molecule has 0 saturated heterocycles. The SMILES string of the molecule is CCNCC(O)Cn1ccc(C)n1. The number of aromatic nitrogens is 2. The van der Waals surface area contributed by atoms with Crippen molar-refractivity contribution in [1.29, 1.82) is 0 Å². The topological polar surface area (TPSA) is 50.1 Å². The molecule has 0 spiro atoms. The first-order chi connectivity index (χ1) is 6.22. The summed E-state index contributed by atoms with van der Waals surface area (Å²) in [7, 11) is 0. The van der Waals surface area contributed by atoms with E-state index in [1.807, 2.05) is 26.1 Å². The zero-order chi connectivity index (χ0) is 9.68. The highest BCUT2D eigenvalue weighted by Crippen LogP contribution is 1.94. The molecule has 1 atom stereocenters. The second-order valence-corrected chi connectivity index (χ2v) is 3.14. The first-order valence-corrected chi connectivity index (χ1v) is 4.61. The van der Waals surface area contributed by atoms with Gasteiger partial charge in [0.2, 0.25) is 0 Å². The van der Waals surface area contributed by atoms with Crippen LogP contribution in [0.4, 0.5) is 0 Å². The van der Waals surface area contributed by atoms with Gasteiger partial charge in [-0.2, -0.15) is 5.10 Å². The summed E-state index contributed by atoms with van der Waals surface area (Å²) in [5.41, 5.74) is 0.982. The highest BCUT2D eigenvalue weighted by atomic mass is 16.3. The molecule has 4 nitrogen and oxygen atoms in total. The van der Waals surface area contributed by atoms with Gasteiger partial charge >= 0.3 is 0 Å². The average Bonchev–Trinajstić information content (AvgIpc) is 2.48. The molecule has 0 radical (unpaired) electrons. The van der Waals surface area contributed by atoms with Gasteiger partial charge in [-0.3, -0.25) is 4.68 Å². The fourth-order valence-electron chi connectivity index (χ4n) is 1.16. The number of hydrogen-bond donors (Lipinski definition) is 2. The Bertz CT molecular complexity index is 247. The zero-order valence-corrected chi connectivity index (χ0v) is 8.20. The quantitative estimate of drug-likeness (QED) is 0.684. The molecule has 74 valence electrons. The molecule has 4 heteroatoms. The van der Waals surface area contributed by atoms with Crippen molar-refractivity contribution in [2.24, 2.45) is 0 Å². The Morgan fingerprint density at radius 2 is 2.46 bits per heavy atom. The van der Waals surface area contributed by atoms with Crippen LogP contribution in [0.1, 0.15) is 12.6 Å². The van der Waals surface area contributed by atoms with Gasteiger partial charge in [0.25, 0.3) is 0 Å². The third-order valence-electron chi connectivity index (χ3n) is 1.80. The highest BCUT2D eigenvalue weighted by molar-refractivity contribution is 4.94. The van der Waals surface area contributed by atoms with E-state index in [1.54, 1.807) is 4.68 Å². The Balaban J connectivity index is 2.31. The highest BCUT2D eigenvalue weighted by Gasteiger charge is 2.04. The van der Waals surface area contributed by atoms with E-state index in [-0.39, 0.29) is 6.10 Å². The molecule has 0 aliphatic heterocycles. The van der Waals surface area contributed by atoms with Crippen LogP contribution in [0.2, 0.25) is 0 Å². The monoisotopic (exact) mass is 183 g/mol. The van der Waals surface area contributed by atoms with Gasteiger partial charge in [-0.1, -0.05) is 6.92 Å². The minimum absolute atomic E-state index is 0.362. The summed E-state index contributed by atoms with van der Waals surface area (Å²) in [6.45, 7) is 6.02. The molecule has 13 heavy (non-hydrogen) atoms. The maximum atomic E-state index is 9.52. The van der Waals surface area contributed by atoms with Crippen LogP contribution in [-0.4, -0.2) is 34.1 Å². The zero-order valence-electron chi connectivity index (χ0n) is 8.20. The van der Waals surface area contributed by atoms with Gasteiger partial charge < -0.3 is 10.4 Å². The van der Waals surface area contributed by atoms with E-state index in [0.717, 1.165) is 12.2 Å². The maximum absolute atomic E-state index is 9.52. The van der Waals surface area contributed by atoms with Gasteiger partial charge in [0.15, 0.2) is 0 Å². The number of nitrogens with one attached hydrogen (secondary N) is 1. The van der Waals surface area contributed by atoms with Crippen LogP contribution in [-0.2, 0) is 6.54 Å². The minimum atomic E-state index is -0.362. The lowest BCUT2D eigenvalue weighted by Gasteiger charge is -2.10. The molecule has 1 aromatic rings. The standard InChI is InChI=1S/C9H17N3O/c1-3-10-6-9(13)7-12-5-4-8(2)11-12/h4-5,9-10,13H,3,6-7H2,1-2H3. The Hall–Kier alpha value is -0.870. The van der Waals surface area contributed by atoms with Gasteiger partial charge in [-0.05, 0) is 19.5 Å². The fourth-order valence-corrected chi connectivity index (χ4v) is 1.16. The van der Waals surface area contributed by atoms with E-state index < -0.39 is 0 Å². The van der Waals surface area contributed by atoms with E-state index in [1.165, 1.54) is 0 Å². The lowest BCUT2D eigenvalue weighted by Crippen LogP contribution is -2.30. The first-order valence-electron chi connectivity index (χ1n) is 4.61. The van der Waals surface area contributed by atoms with Crippen LogP contribution in [0, 0.1) is 6.92 Å². The summed E-state index contributed by atoms with van der Waals surface area (Å²) in [6, 6.07) is 1.93. The van der Waals surface area contributed by atoms with Crippen molar-refractivity contribution in [3.8, 4) is 0 Å². The lowest BCUT2D eigenvalue weighted by atomic mass is 10.3. The largest absolute Gasteiger partial charge is 0.390 e. The van der Waals surface area contributed by atoms with Crippen LogP contribution < -0.4 is 5.32 Å². The number of rotatable bonds is 5. The lowest BCUT2D eigenvalue weighted by molar-refractivity contribution is 0.147. The van der Waals surface area contributed by atoms with E-state index in [2.05, 4.69) is 10.4 Å². The second kappa shape index (κ2) is 4.99. The summed E-state index contributed by atoms with van der Waals surface area (Å²) in [4.78, 5) is 0. The van der Waals surface area contributed by atoms with E-state index >= 15 is 0 Å². The smallest absolute Gasteiger partial charge is 0.0860 e. The number of aliphatic hydroxyl groups excluding tert-OH is 1. The summed E-state index contributed by atoms with van der Waals surface area (Å²) in [5, 5.41) is 16.8. The van der Waals surface area contributed by atoms with E-state index in [0.29, 0.717) is 13.1 Å². The van der Waals surface area contributed by atoms with Crippen LogP contribution in [0.5, 0.6) is 0 Å². The molecule has 0 bridgehead atoms. The predicted molar refractivity (Wildman–Crippen MR) is 51.5 cm³/mol. The van der Waals surface area contributed by atoms with Crippen LogP contribution in [0.15, 0.2) is 12.3 Å². The molecule has 2 N–H and O–H groups in total. The Kier molecular flexibility index (Phi) is 3.92. The van der Waals surface area contributed by atoms with Crippen molar-refractivity contribution in [1.82, 2.24) is 15.1 Å². The van der Waals surface area contributed by atoms with Crippen LogP contribution in [0.25, 0.3) is 0 Å². The second-order valence-electron chi connectivity index (χ2n) is 3.14. The number of aryl methyl sites for hydroxylation is 1. The van der Waals surface area contributed by atoms with Crippen molar-refractivity contribution in [2.75, 3.05) is 13.1 Å². The number of hydrogen-bond acceptors (Lipinski definition) is 3. The molecule has 0 aromatic carbocycles. The molecule has 1 rings (SSSR count). The van der Waals surface area contributed by atoms with E-state index in [4.69, 9.17) is 0 Å². The summed E-state index contributed by atoms with van der Waals surface area (Å²) in [6.07, 6.45) is 1.52. The molecule has 0 fully saturated rings. The molecular formula is C9H17N3O. The van der Waals surface area contributed by atoms with Crippen molar-refractivity contribution >= 4 is 0 Å². The molecule has 0 saturated carbocycles. The predicted octanol–water partition coefficient (Wildman–Crippen LogP) is 0.162. The maximum Gasteiger partial charge on any atom is 0.0860 e. The molecular weight excluding hydrogens is 166 g/mol. The van der Waals surface area contributed by atoms with Crippen molar-refractivity contribution in [3.63, 3.8) is 0 Å². The summed E-state index contributed by atoms with van der Waals surface area (Å²) >= 11 is 0. The van der Waals surface area contributed by atoms with Gasteiger partial charge in [-0.25, -0.2) is 0 Å². The van der Waals surface area contributed by atoms with Gasteiger partial charge in [0, 0.05) is 12.7 Å². The Morgan fingerprint density at radius 1 is 1.69 bits per heavy atom. The molecule has 1 unspecified atom stereocenters. The third kappa shape index (κ3) is 3.57. The van der Waals surface area contributed by atoms with Gasteiger partial charge in [-0.15, -0.1) is 0 Å². The molecule has 1 aromatic heterocycles. The number of aliphatic hydroxyl groups is 1. The normalized spacial score (nSPS) is 13.2. The van der Waals surface area contributed by atoms with Crippen LogP contribution >= 0.6 is 0 Å². The minimum Gasteiger partial charge on any atom is -0.390 e. The molecule has 0 amide bonds. The Morgan fingerprint density at radius 3 is 3.00 bits per heavy atom. The first kappa shape index (κ1) is 10.2. The van der Waals surface area contributed by atoms with E-state index in [9.17, 15) is 5.11 Å². The van der Waals surface area contributed by atoms with Gasteiger partial charge in [0.1, 0.15) is 0 Å². The summed E-state index contributed by atoms with van der Waals surface area (Å²) < 4.78 is 1.76. The Labute approximate surface area is 78.6 Å². The van der Waals surface area contributed by atoms with Crippen molar-refractivity contribution in [3.05, 3.63) is 18.0 Å².